The summed E-state index contributed by atoms with van der Waals surface area (Å²) in [4.78, 5) is 12.2. The quantitative estimate of drug-likeness (QED) is 0.480. The van der Waals surface area contributed by atoms with Gasteiger partial charge in [-0.25, -0.2) is 14.2 Å². The maximum absolute atomic E-state index is 12.2. The molecular formula is C14H13N7O2S. The monoisotopic (exact) mass is 343 g/mol. The molecule has 0 fully saturated rings. The fourth-order valence-electron chi connectivity index (χ4n) is 2.29. The third-order valence-electron chi connectivity index (χ3n) is 3.41. The second-order valence-corrected chi connectivity index (χ2v) is 6.04. The highest BCUT2D eigenvalue weighted by molar-refractivity contribution is 7.99. The fourth-order valence-corrected chi connectivity index (χ4v) is 3.08. The molecule has 4 heterocycles. The van der Waals surface area contributed by atoms with Crippen molar-refractivity contribution in [3.63, 3.8) is 0 Å². The van der Waals surface area contributed by atoms with Crippen molar-refractivity contribution < 1.29 is 4.42 Å². The predicted octanol–water partition coefficient (Wildman–Crippen LogP) is 0.916. The molecule has 122 valence electrons. The molecule has 0 aromatic carbocycles. The van der Waals surface area contributed by atoms with Gasteiger partial charge in [-0.15, -0.1) is 10.2 Å². The summed E-state index contributed by atoms with van der Waals surface area (Å²) in [5.74, 6) is 1.41. The molecule has 0 amide bonds. The Bertz CT molecular complexity index is 1000. The summed E-state index contributed by atoms with van der Waals surface area (Å²) < 4.78 is 9.93. The van der Waals surface area contributed by atoms with Crippen molar-refractivity contribution >= 4 is 17.4 Å². The molecule has 0 saturated carbocycles. The van der Waals surface area contributed by atoms with E-state index in [1.165, 1.54) is 20.8 Å². The largest absolute Gasteiger partial charge is 0.467 e. The lowest BCUT2D eigenvalue weighted by Gasteiger charge is -2.02. The van der Waals surface area contributed by atoms with Gasteiger partial charge < -0.3 is 4.42 Å². The van der Waals surface area contributed by atoms with Crippen LogP contribution in [0.15, 0.2) is 57.2 Å². The summed E-state index contributed by atoms with van der Waals surface area (Å²) in [6.07, 6.45) is 3.32. The van der Waals surface area contributed by atoms with Gasteiger partial charge in [-0.3, -0.25) is 4.40 Å². The second-order valence-electron chi connectivity index (χ2n) is 4.98. The minimum absolute atomic E-state index is 0.152. The summed E-state index contributed by atoms with van der Waals surface area (Å²) in [5, 5.41) is 16.6. The van der Waals surface area contributed by atoms with Crippen LogP contribution in [0.2, 0.25) is 0 Å². The average Bonchev–Trinajstić information content (AvgIpc) is 3.32. The number of thioether (sulfide) groups is 1. The summed E-state index contributed by atoms with van der Waals surface area (Å²) in [6, 6.07) is 9.14. The van der Waals surface area contributed by atoms with Gasteiger partial charge in [0.15, 0.2) is 5.65 Å². The van der Waals surface area contributed by atoms with E-state index in [0.717, 1.165) is 5.76 Å². The number of hydrogen-bond acceptors (Lipinski definition) is 7. The SMILES string of the molecule is O=c1n(CCSc2nnnn2Cc2ccco2)nc2ccccn12. The lowest BCUT2D eigenvalue weighted by Crippen LogP contribution is -2.22. The highest BCUT2D eigenvalue weighted by Crippen LogP contribution is 2.15. The molecule has 0 aliphatic rings. The van der Waals surface area contributed by atoms with Crippen LogP contribution in [0.3, 0.4) is 0 Å². The number of tetrazole rings is 1. The number of rotatable bonds is 6. The molecule has 0 bridgehead atoms. The Morgan fingerprint density at radius 3 is 2.96 bits per heavy atom. The Balaban J connectivity index is 1.43. The summed E-state index contributed by atoms with van der Waals surface area (Å²) in [6.45, 7) is 0.940. The highest BCUT2D eigenvalue weighted by atomic mass is 32.2. The number of aryl methyl sites for hydroxylation is 1. The third kappa shape index (κ3) is 2.83. The van der Waals surface area contributed by atoms with Crippen LogP contribution < -0.4 is 5.69 Å². The molecule has 0 saturated heterocycles. The first kappa shape index (κ1) is 14.7. The predicted molar refractivity (Wildman–Crippen MR) is 85.8 cm³/mol. The van der Waals surface area contributed by atoms with Crippen LogP contribution in [0.5, 0.6) is 0 Å². The van der Waals surface area contributed by atoms with Crippen molar-refractivity contribution in [2.75, 3.05) is 5.75 Å². The third-order valence-corrected chi connectivity index (χ3v) is 4.34. The standard InChI is InChI=1S/C14H13N7O2S/c22-14-19-6-2-1-5-12(19)16-20(14)7-9-24-13-15-17-18-21(13)10-11-4-3-8-23-11/h1-6,8H,7,9-10H2. The lowest BCUT2D eigenvalue weighted by atomic mass is 10.4. The molecule has 24 heavy (non-hydrogen) atoms. The van der Waals surface area contributed by atoms with Crippen LogP contribution in [0, 0.1) is 0 Å². The van der Waals surface area contributed by atoms with Gasteiger partial charge >= 0.3 is 5.69 Å². The molecular weight excluding hydrogens is 330 g/mol. The van der Waals surface area contributed by atoms with Crippen molar-refractivity contribution in [3.8, 4) is 0 Å². The minimum atomic E-state index is -0.152. The Hall–Kier alpha value is -2.88. The normalized spacial score (nSPS) is 11.3. The zero-order chi connectivity index (χ0) is 16.4. The van der Waals surface area contributed by atoms with Crippen LogP contribution >= 0.6 is 11.8 Å². The Morgan fingerprint density at radius 2 is 2.12 bits per heavy atom. The van der Waals surface area contributed by atoms with Crippen molar-refractivity contribution in [1.82, 2.24) is 34.4 Å². The molecule has 4 rings (SSSR count). The molecule has 0 aliphatic heterocycles. The first-order chi connectivity index (χ1) is 11.8. The van der Waals surface area contributed by atoms with Gasteiger partial charge in [0.2, 0.25) is 5.16 Å². The molecule has 0 spiro atoms. The van der Waals surface area contributed by atoms with Crippen molar-refractivity contribution in [2.24, 2.45) is 0 Å². The number of pyridine rings is 1. The van der Waals surface area contributed by atoms with Gasteiger partial charge in [0.25, 0.3) is 0 Å². The minimum Gasteiger partial charge on any atom is -0.467 e. The van der Waals surface area contributed by atoms with E-state index in [1.807, 2.05) is 18.2 Å². The van der Waals surface area contributed by atoms with Crippen LogP contribution in [0.1, 0.15) is 5.76 Å². The molecule has 4 aromatic heterocycles. The molecule has 0 N–H and O–H groups in total. The summed E-state index contributed by atoms with van der Waals surface area (Å²) in [7, 11) is 0. The first-order valence-corrected chi connectivity index (χ1v) is 8.25. The van der Waals surface area contributed by atoms with E-state index in [0.29, 0.717) is 29.6 Å². The lowest BCUT2D eigenvalue weighted by molar-refractivity contribution is 0.462. The van der Waals surface area contributed by atoms with E-state index >= 15 is 0 Å². The Morgan fingerprint density at radius 1 is 1.17 bits per heavy atom. The van der Waals surface area contributed by atoms with Crippen molar-refractivity contribution in [1.29, 1.82) is 0 Å². The number of furan rings is 1. The maximum Gasteiger partial charge on any atom is 0.350 e. The molecule has 0 radical (unpaired) electrons. The van der Waals surface area contributed by atoms with Crippen molar-refractivity contribution in [3.05, 3.63) is 59.0 Å². The average molecular weight is 343 g/mol. The van der Waals surface area contributed by atoms with Gasteiger partial charge in [0.1, 0.15) is 12.3 Å². The van der Waals surface area contributed by atoms with Crippen molar-refractivity contribution in [2.45, 2.75) is 18.2 Å². The smallest absolute Gasteiger partial charge is 0.350 e. The Labute approximate surface area is 139 Å². The number of fused-ring (bicyclic) bond motifs is 1. The van der Waals surface area contributed by atoms with Crippen LogP contribution in [0.25, 0.3) is 5.65 Å². The van der Waals surface area contributed by atoms with Gasteiger partial charge in [-0.1, -0.05) is 17.8 Å². The molecule has 4 aromatic rings. The topological polar surface area (TPSA) is 96.0 Å². The van der Waals surface area contributed by atoms with E-state index in [4.69, 9.17) is 4.42 Å². The zero-order valence-corrected chi connectivity index (χ0v) is 13.3. The zero-order valence-electron chi connectivity index (χ0n) is 12.5. The van der Waals surface area contributed by atoms with Gasteiger partial charge in [0, 0.05) is 11.9 Å². The maximum atomic E-state index is 12.2. The highest BCUT2D eigenvalue weighted by Gasteiger charge is 2.10. The number of nitrogens with zero attached hydrogens (tertiary/aromatic N) is 7. The van der Waals surface area contributed by atoms with Gasteiger partial charge in [-0.05, 0) is 34.7 Å². The van der Waals surface area contributed by atoms with Crippen LogP contribution in [0.4, 0.5) is 0 Å². The van der Waals surface area contributed by atoms with Crippen LogP contribution in [-0.4, -0.2) is 40.1 Å². The molecule has 0 unspecified atom stereocenters. The van der Waals surface area contributed by atoms with E-state index in [1.54, 1.807) is 29.3 Å². The molecule has 0 atom stereocenters. The van der Waals surface area contributed by atoms with E-state index in [-0.39, 0.29) is 5.69 Å². The van der Waals surface area contributed by atoms with E-state index < -0.39 is 0 Å². The summed E-state index contributed by atoms with van der Waals surface area (Å²) in [5.41, 5.74) is 0.483. The molecule has 10 heteroatoms. The van der Waals surface area contributed by atoms with Gasteiger partial charge in [0.05, 0.1) is 12.8 Å². The molecule has 9 nitrogen and oxygen atoms in total. The van der Waals surface area contributed by atoms with E-state index in [2.05, 4.69) is 20.6 Å². The van der Waals surface area contributed by atoms with Gasteiger partial charge in [-0.2, -0.15) is 0 Å². The summed E-state index contributed by atoms with van der Waals surface area (Å²) >= 11 is 1.47. The fraction of sp³-hybridized carbons (Fsp3) is 0.214. The Kier molecular flexibility index (Phi) is 3.87. The van der Waals surface area contributed by atoms with E-state index in [9.17, 15) is 4.79 Å². The number of aromatic nitrogens is 7. The molecule has 0 aliphatic carbocycles. The second kappa shape index (κ2) is 6.32. The first-order valence-electron chi connectivity index (χ1n) is 7.27. The number of hydrogen-bond donors (Lipinski definition) is 0. The van der Waals surface area contributed by atoms with Crippen LogP contribution in [-0.2, 0) is 13.1 Å².